The molecule has 1 heterocycles. The summed E-state index contributed by atoms with van der Waals surface area (Å²) < 4.78 is 2.00. The van der Waals surface area contributed by atoms with Gasteiger partial charge in [0.15, 0.2) is 11.0 Å². The number of benzene rings is 3. The van der Waals surface area contributed by atoms with Crippen LogP contribution in [0.25, 0.3) is 17.1 Å². The van der Waals surface area contributed by atoms with Crippen molar-refractivity contribution in [2.45, 2.75) is 39.3 Å². The number of nitrogens with zero attached hydrogens (tertiary/aromatic N) is 3. The van der Waals surface area contributed by atoms with E-state index in [0.717, 1.165) is 34.5 Å². The molecule has 0 fully saturated rings. The summed E-state index contributed by atoms with van der Waals surface area (Å²) in [5.74, 6) is 0.854. The van der Waals surface area contributed by atoms with Crippen molar-refractivity contribution in [1.29, 1.82) is 0 Å². The molecule has 3 aromatic carbocycles. The summed E-state index contributed by atoms with van der Waals surface area (Å²) in [4.78, 5) is 12.9. The predicted molar refractivity (Wildman–Crippen MR) is 141 cm³/mol. The Kier molecular flexibility index (Phi) is 7.39. The lowest BCUT2D eigenvalue weighted by Gasteiger charge is -2.14. The largest absolute Gasteiger partial charge is 0.325 e. The van der Waals surface area contributed by atoms with Crippen LogP contribution in [0, 0.1) is 20.8 Å². The maximum Gasteiger partial charge on any atom is 0.234 e. The van der Waals surface area contributed by atoms with Crippen molar-refractivity contribution in [2.75, 3.05) is 11.1 Å². The third-order valence-corrected chi connectivity index (χ3v) is 7.00. The van der Waals surface area contributed by atoms with Gasteiger partial charge in [-0.3, -0.25) is 9.36 Å². The zero-order chi connectivity index (χ0) is 24.2. The summed E-state index contributed by atoms with van der Waals surface area (Å²) in [5.41, 5.74) is 7.32. The molecule has 174 valence electrons. The van der Waals surface area contributed by atoms with E-state index in [1.165, 1.54) is 22.9 Å². The van der Waals surface area contributed by atoms with Gasteiger partial charge in [0.25, 0.3) is 0 Å². The summed E-state index contributed by atoms with van der Waals surface area (Å²) >= 11 is 7.46. The van der Waals surface area contributed by atoms with Crippen LogP contribution in [0.4, 0.5) is 5.69 Å². The Morgan fingerprint density at radius 1 is 0.971 bits per heavy atom. The number of hydrogen-bond donors (Lipinski definition) is 1. The Morgan fingerprint density at radius 2 is 1.74 bits per heavy atom. The standard InChI is InChI=1S/C27H27ClN4OS/c1-5-20-8-6-7-18(3)25(20)29-24(33)16-34-27-31-30-26(21-10-12-22(28)13-11-21)32(27)23-14-9-17(2)19(4)15-23/h6-15H,5,16H2,1-4H3,(H,29,33). The molecule has 0 saturated heterocycles. The van der Waals surface area contributed by atoms with Crippen LogP contribution in [0.5, 0.6) is 0 Å². The van der Waals surface area contributed by atoms with Crippen molar-refractivity contribution in [3.05, 3.63) is 87.9 Å². The van der Waals surface area contributed by atoms with Crippen LogP contribution < -0.4 is 5.32 Å². The highest BCUT2D eigenvalue weighted by molar-refractivity contribution is 7.99. The minimum atomic E-state index is -0.0725. The Balaban J connectivity index is 1.64. The number of halogens is 1. The first-order chi connectivity index (χ1) is 16.4. The highest BCUT2D eigenvalue weighted by Gasteiger charge is 2.18. The number of rotatable bonds is 7. The Bertz CT molecular complexity index is 1330. The molecule has 1 N–H and O–H groups in total. The number of para-hydroxylation sites is 1. The molecule has 7 heteroatoms. The van der Waals surface area contributed by atoms with Gasteiger partial charge in [-0.25, -0.2) is 0 Å². The maximum atomic E-state index is 12.9. The minimum Gasteiger partial charge on any atom is -0.325 e. The number of hydrogen-bond acceptors (Lipinski definition) is 4. The fourth-order valence-corrected chi connectivity index (χ4v) is 4.63. The fraction of sp³-hybridized carbons (Fsp3) is 0.222. The Hall–Kier alpha value is -3.09. The number of carbonyl (C=O) groups excluding carboxylic acids is 1. The van der Waals surface area contributed by atoms with E-state index < -0.39 is 0 Å². The van der Waals surface area contributed by atoms with Gasteiger partial charge in [0, 0.05) is 16.3 Å². The monoisotopic (exact) mass is 490 g/mol. The van der Waals surface area contributed by atoms with Crippen LogP contribution in [0.2, 0.25) is 5.02 Å². The second kappa shape index (κ2) is 10.5. The van der Waals surface area contributed by atoms with Gasteiger partial charge in [-0.2, -0.15) is 0 Å². The molecule has 0 radical (unpaired) electrons. The molecule has 0 spiro atoms. The Labute approximate surface area is 209 Å². The van der Waals surface area contributed by atoms with Crippen molar-refractivity contribution in [3.63, 3.8) is 0 Å². The smallest absolute Gasteiger partial charge is 0.234 e. The van der Waals surface area contributed by atoms with Gasteiger partial charge in [-0.1, -0.05) is 54.6 Å². The van der Waals surface area contributed by atoms with Gasteiger partial charge in [-0.05, 0) is 85.8 Å². The van der Waals surface area contributed by atoms with Crippen LogP contribution in [-0.2, 0) is 11.2 Å². The first-order valence-corrected chi connectivity index (χ1v) is 12.5. The van der Waals surface area contributed by atoms with E-state index in [-0.39, 0.29) is 11.7 Å². The number of anilines is 1. The number of amides is 1. The van der Waals surface area contributed by atoms with Crippen LogP contribution in [0.15, 0.2) is 65.8 Å². The first-order valence-electron chi connectivity index (χ1n) is 11.2. The Morgan fingerprint density at radius 3 is 2.44 bits per heavy atom. The van der Waals surface area contributed by atoms with E-state index in [0.29, 0.717) is 16.0 Å². The molecule has 0 unspecified atom stereocenters. The predicted octanol–water partition coefficient (Wildman–Crippen LogP) is 6.81. The molecule has 4 rings (SSSR count). The SMILES string of the molecule is CCc1cccc(C)c1NC(=O)CSc1nnc(-c2ccc(Cl)cc2)n1-c1ccc(C)c(C)c1. The topological polar surface area (TPSA) is 59.8 Å². The molecule has 1 aromatic heterocycles. The molecule has 0 atom stereocenters. The lowest BCUT2D eigenvalue weighted by atomic mass is 10.1. The van der Waals surface area contributed by atoms with E-state index in [9.17, 15) is 4.79 Å². The minimum absolute atomic E-state index is 0.0725. The van der Waals surface area contributed by atoms with E-state index in [1.54, 1.807) is 0 Å². The number of thioether (sulfide) groups is 1. The van der Waals surface area contributed by atoms with Crippen molar-refractivity contribution >= 4 is 35.0 Å². The molecule has 0 aliphatic heterocycles. The van der Waals surface area contributed by atoms with Gasteiger partial charge in [0.1, 0.15) is 0 Å². The van der Waals surface area contributed by atoms with Crippen molar-refractivity contribution in [2.24, 2.45) is 0 Å². The average molecular weight is 491 g/mol. The van der Waals surface area contributed by atoms with Crippen LogP contribution >= 0.6 is 23.4 Å². The zero-order valence-corrected chi connectivity index (χ0v) is 21.3. The molecule has 0 aliphatic carbocycles. The molecule has 0 saturated carbocycles. The normalized spacial score (nSPS) is 11.0. The summed E-state index contributed by atoms with van der Waals surface area (Å²) in [6.07, 6.45) is 0.857. The molecule has 34 heavy (non-hydrogen) atoms. The van der Waals surface area contributed by atoms with Gasteiger partial charge in [0.2, 0.25) is 5.91 Å². The molecular weight excluding hydrogens is 464 g/mol. The molecule has 5 nitrogen and oxygen atoms in total. The van der Waals surface area contributed by atoms with E-state index in [1.807, 2.05) is 54.0 Å². The van der Waals surface area contributed by atoms with Gasteiger partial charge < -0.3 is 5.32 Å². The number of nitrogens with one attached hydrogen (secondary N) is 1. The average Bonchev–Trinajstić information content (AvgIpc) is 3.25. The van der Waals surface area contributed by atoms with Crippen LogP contribution in [0.3, 0.4) is 0 Å². The van der Waals surface area contributed by atoms with E-state index in [4.69, 9.17) is 11.6 Å². The number of aryl methyl sites for hydroxylation is 4. The zero-order valence-electron chi connectivity index (χ0n) is 19.7. The highest BCUT2D eigenvalue weighted by Crippen LogP contribution is 2.30. The quantitative estimate of drug-likeness (QED) is 0.289. The van der Waals surface area contributed by atoms with Crippen LogP contribution in [-0.4, -0.2) is 26.4 Å². The second-order valence-electron chi connectivity index (χ2n) is 8.22. The van der Waals surface area contributed by atoms with Crippen LogP contribution in [0.1, 0.15) is 29.2 Å². The summed E-state index contributed by atoms with van der Waals surface area (Å²) in [5, 5.41) is 13.3. The molecular formula is C27H27ClN4OS. The number of aromatic nitrogens is 3. The van der Waals surface area contributed by atoms with E-state index >= 15 is 0 Å². The second-order valence-corrected chi connectivity index (χ2v) is 9.60. The van der Waals surface area contributed by atoms with Gasteiger partial charge >= 0.3 is 0 Å². The van der Waals surface area contributed by atoms with Crippen molar-refractivity contribution in [3.8, 4) is 17.1 Å². The summed E-state index contributed by atoms with van der Waals surface area (Å²) in [6, 6.07) is 19.9. The summed E-state index contributed by atoms with van der Waals surface area (Å²) in [6.45, 7) is 8.26. The third-order valence-electron chi connectivity index (χ3n) is 5.82. The fourth-order valence-electron chi connectivity index (χ4n) is 3.75. The lowest BCUT2D eigenvalue weighted by Crippen LogP contribution is -2.16. The highest BCUT2D eigenvalue weighted by atomic mass is 35.5. The molecule has 1 amide bonds. The first kappa shape index (κ1) is 24.0. The van der Waals surface area contributed by atoms with Gasteiger partial charge in [0.05, 0.1) is 11.4 Å². The van der Waals surface area contributed by atoms with Crippen molar-refractivity contribution < 1.29 is 4.79 Å². The van der Waals surface area contributed by atoms with Gasteiger partial charge in [-0.15, -0.1) is 10.2 Å². The van der Waals surface area contributed by atoms with E-state index in [2.05, 4.69) is 54.5 Å². The lowest BCUT2D eigenvalue weighted by molar-refractivity contribution is -0.113. The number of carbonyl (C=O) groups is 1. The molecule has 4 aromatic rings. The van der Waals surface area contributed by atoms with Crippen molar-refractivity contribution in [1.82, 2.24) is 14.8 Å². The summed E-state index contributed by atoms with van der Waals surface area (Å²) in [7, 11) is 0. The third kappa shape index (κ3) is 5.18. The molecule has 0 aliphatic rings. The molecule has 0 bridgehead atoms. The maximum absolute atomic E-state index is 12.9.